The summed E-state index contributed by atoms with van der Waals surface area (Å²) in [6.45, 7) is 2.27. The number of hydrogen-bond donors (Lipinski definition) is 1. The largest absolute Gasteiger partial charge is 0.437 e. The Kier molecular flexibility index (Phi) is 6.63. The summed E-state index contributed by atoms with van der Waals surface area (Å²) in [6, 6.07) is 12.0. The fourth-order valence-corrected chi connectivity index (χ4v) is 4.75. The summed E-state index contributed by atoms with van der Waals surface area (Å²) in [4.78, 5) is 27.9. The van der Waals surface area contributed by atoms with Crippen LogP contribution in [0.25, 0.3) is 16.9 Å². The number of amides is 1. The highest BCUT2D eigenvalue weighted by Gasteiger charge is 2.31. The molecule has 1 aliphatic heterocycles. The van der Waals surface area contributed by atoms with Crippen LogP contribution in [0.15, 0.2) is 48.8 Å². The lowest BCUT2D eigenvalue weighted by atomic mass is 9.98. The van der Waals surface area contributed by atoms with E-state index in [4.69, 9.17) is 32.3 Å². The average molecular weight is 512 g/mol. The van der Waals surface area contributed by atoms with E-state index in [9.17, 15) is 4.79 Å². The summed E-state index contributed by atoms with van der Waals surface area (Å²) in [5.74, 6) is 6.61. The number of imidazole rings is 1. The van der Waals surface area contributed by atoms with Crippen LogP contribution in [0.4, 0.5) is 5.95 Å². The highest BCUT2D eigenvalue weighted by molar-refractivity contribution is 6.32. The molecule has 5 rings (SSSR count). The van der Waals surface area contributed by atoms with Crippen molar-refractivity contribution in [3.05, 3.63) is 65.1 Å². The van der Waals surface area contributed by atoms with Crippen molar-refractivity contribution < 1.29 is 9.53 Å². The number of nitrogens with zero attached hydrogens (tertiary/aromatic N) is 6. The number of carbonyl (C=O) groups is 1. The molecule has 0 saturated carbocycles. The number of hydrogen-bond acceptors (Lipinski definition) is 7. The summed E-state index contributed by atoms with van der Waals surface area (Å²) in [5, 5.41) is 9.44. The SMILES string of the molecule is CC#CC(=O)N1CCCCC1c1nc(-c2ccc(Oc3cc(C#N)ccn3)c(Cl)c2)n2c(N)nccc12. The van der Waals surface area contributed by atoms with E-state index < -0.39 is 0 Å². The number of fused-ring (bicyclic) bond motifs is 1. The zero-order valence-electron chi connectivity index (χ0n) is 20.0. The molecule has 2 N–H and O–H groups in total. The molecule has 0 spiro atoms. The van der Waals surface area contributed by atoms with Gasteiger partial charge in [-0.15, -0.1) is 0 Å². The third-order valence-electron chi connectivity index (χ3n) is 6.19. The first-order chi connectivity index (χ1) is 18.0. The van der Waals surface area contributed by atoms with Crippen molar-refractivity contribution in [2.75, 3.05) is 12.3 Å². The van der Waals surface area contributed by atoms with Crippen molar-refractivity contribution in [1.29, 1.82) is 5.26 Å². The third kappa shape index (κ3) is 4.65. The van der Waals surface area contributed by atoms with Gasteiger partial charge in [0.25, 0.3) is 5.91 Å². The molecule has 1 amide bonds. The number of likely N-dealkylation sites (tertiary alicyclic amines) is 1. The lowest BCUT2D eigenvalue weighted by Crippen LogP contribution is -2.38. The van der Waals surface area contributed by atoms with E-state index in [1.165, 1.54) is 12.3 Å². The molecule has 1 fully saturated rings. The predicted octanol–water partition coefficient (Wildman–Crippen LogP) is 4.77. The Bertz CT molecular complexity index is 1610. The van der Waals surface area contributed by atoms with Crippen LogP contribution in [0, 0.1) is 23.2 Å². The summed E-state index contributed by atoms with van der Waals surface area (Å²) >= 11 is 6.58. The fraction of sp³-hybridized carbons (Fsp3) is 0.222. The lowest BCUT2D eigenvalue weighted by molar-refractivity contribution is -0.128. The highest BCUT2D eigenvalue weighted by atomic mass is 35.5. The van der Waals surface area contributed by atoms with Gasteiger partial charge in [0.15, 0.2) is 0 Å². The van der Waals surface area contributed by atoms with E-state index in [0.717, 1.165) is 30.5 Å². The molecular weight excluding hydrogens is 490 g/mol. The van der Waals surface area contributed by atoms with Crippen LogP contribution in [0.3, 0.4) is 0 Å². The molecule has 1 saturated heterocycles. The summed E-state index contributed by atoms with van der Waals surface area (Å²) in [7, 11) is 0. The number of nitrogens with two attached hydrogens (primary N) is 1. The van der Waals surface area contributed by atoms with Gasteiger partial charge in [-0.2, -0.15) is 5.26 Å². The third-order valence-corrected chi connectivity index (χ3v) is 6.48. The van der Waals surface area contributed by atoms with Crippen LogP contribution in [-0.2, 0) is 4.79 Å². The van der Waals surface area contributed by atoms with Crippen LogP contribution < -0.4 is 10.5 Å². The lowest BCUT2D eigenvalue weighted by Gasteiger charge is -2.33. The van der Waals surface area contributed by atoms with E-state index in [0.29, 0.717) is 34.3 Å². The Morgan fingerprint density at radius 1 is 1.19 bits per heavy atom. The first kappa shape index (κ1) is 24.1. The number of nitrogen functional groups attached to an aromatic ring is 1. The van der Waals surface area contributed by atoms with Crippen molar-refractivity contribution in [2.24, 2.45) is 0 Å². The van der Waals surface area contributed by atoms with E-state index >= 15 is 0 Å². The molecule has 1 aliphatic rings. The molecule has 1 aromatic carbocycles. The molecule has 0 aliphatic carbocycles. The van der Waals surface area contributed by atoms with E-state index in [-0.39, 0.29) is 23.8 Å². The molecule has 4 heterocycles. The van der Waals surface area contributed by atoms with Crippen LogP contribution in [0.1, 0.15) is 43.5 Å². The first-order valence-electron chi connectivity index (χ1n) is 11.7. The van der Waals surface area contributed by atoms with Gasteiger partial charge < -0.3 is 15.4 Å². The molecule has 37 heavy (non-hydrogen) atoms. The molecule has 3 aromatic heterocycles. The van der Waals surface area contributed by atoms with Gasteiger partial charge in [-0.25, -0.2) is 15.0 Å². The molecule has 1 atom stereocenters. The molecule has 10 heteroatoms. The standard InChI is InChI=1S/C27H22ClN7O2/c1-2-5-24(36)34-13-4-3-6-20(34)25-21-10-12-32-27(30)35(21)26(33-25)18-7-8-22(19(28)15-18)37-23-14-17(16-29)9-11-31-23/h7-12,14-15,20H,3-4,6,13H2,1H3,(H2,30,32). The number of aromatic nitrogens is 4. The quantitative estimate of drug-likeness (QED) is 0.391. The molecule has 0 bridgehead atoms. The number of ether oxygens (including phenoxy) is 1. The normalized spacial score (nSPS) is 15.1. The second kappa shape index (κ2) is 10.2. The Hall–Kier alpha value is -4.60. The van der Waals surface area contributed by atoms with Crippen LogP contribution in [0.2, 0.25) is 5.02 Å². The molecule has 1 unspecified atom stereocenters. The van der Waals surface area contributed by atoms with Crippen molar-refractivity contribution in [2.45, 2.75) is 32.2 Å². The number of carbonyl (C=O) groups excluding carboxylic acids is 1. The molecule has 0 radical (unpaired) electrons. The maximum Gasteiger partial charge on any atom is 0.299 e. The Labute approximate surface area is 218 Å². The Balaban J connectivity index is 1.56. The van der Waals surface area contributed by atoms with E-state index in [1.807, 2.05) is 12.1 Å². The van der Waals surface area contributed by atoms with E-state index in [1.54, 1.807) is 40.6 Å². The van der Waals surface area contributed by atoms with Crippen molar-refractivity contribution >= 4 is 29.0 Å². The van der Waals surface area contributed by atoms with Crippen LogP contribution >= 0.6 is 11.6 Å². The zero-order chi connectivity index (χ0) is 25.9. The second-order valence-electron chi connectivity index (χ2n) is 8.47. The van der Waals surface area contributed by atoms with Crippen molar-refractivity contribution in [1.82, 2.24) is 24.3 Å². The molecule has 184 valence electrons. The maximum atomic E-state index is 12.8. The number of piperidine rings is 1. The van der Waals surface area contributed by atoms with Gasteiger partial charge in [-0.1, -0.05) is 17.5 Å². The van der Waals surface area contributed by atoms with Gasteiger partial charge in [-0.3, -0.25) is 9.20 Å². The fourth-order valence-electron chi connectivity index (χ4n) is 4.53. The average Bonchev–Trinajstić information content (AvgIpc) is 3.31. The molecular formula is C27H22ClN7O2. The first-order valence-corrected chi connectivity index (χ1v) is 12.1. The summed E-state index contributed by atoms with van der Waals surface area (Å²) in [6.07, 6.45) is 5.79. The Morgan fingerprint density at radius 3 is 2.81 bits per heavy atom. The van der Waals surface area contributed by atoms with Gasteiger partial charge in [0.05, 0.1) is 33.9 Å². The Morgan fingerprint density at radius 2 is 2.03 bits per heavy atom. The smallest absolute Gasteiger partial charge is 0.299 e. The number of nitriles is 1. The van der Waals surface area contributed by atoms with Gasteiger partial charge >= 0.3 is 0 Å². The zero-order valence-corrected chi connectivity index (χ0v) is 20.7. The highest BCUT2D eigenvalue weighted by Crippen LogP contribution is 2.38. The van der Waals surface area contributed by atoms with E-state index in [2.05, 4.69) is 27.9 Å². The monoisotopic (exact) mass is 511 g/mol. The summed E-state index contributed by atoms with van der Waals surface area (Å²) in [5.41, 5.74) is 8.92. The predicted molar refractivity (Wildman–Crippen MR) is 139 cm³/mol. The molecule has 9 nitrogen and oxygen atoms in total. The molecule has 4 aromatic rings. The van der Waals surface area contributed by atoms with Gasteiger partial charge in [0.2, 0.25) is 11.8 Å². The van der Waals surface area contributed by atoms with Crippen LogP contribution in [-0.4, -0.2) is 36.7 Å². The summed E-state index contributed by atoms with van der Waals surface area (Å²) < 4.78 is 7.57. The second-order valence-corrected chi connectivity index (χ2v) is 8.88. The number of pyridine rings is 1. The maximum absolute atomic E-state index is 12.8. The minimum atomic E-state index is -0.232. The van der Waals surface area contributed by atoms with Gasteiger partial charge in [0, 0.05) is 30.6 Å². The minimum absolute atomic E-state index is 0.212. The topological polar surface area (TPSA) is 122 Å². The number of rotatable bonds is 4. The van der Waals surface area contributed by atoms with Crippen LogP contribution in [0.5, 0.6) is 11.6 Å². The number of anilines is 1. The van der Waals surface area contributed by atoms with Crippen molar-refractivity contribution in [3.63, 3.8) is 0 Å². The number of benzene rings is 1. The number of halogens is 1. The van der Waals surface area contributed by atoms with Gasteiger partial charge in [-0.05, 0) is 62.4 Å². The van der Waals surface area contributed by atoms with Crippen molar-refractivity contribution in [3.8, 4) is 40.9 Å². The van der Waals surface area contributed by atoms with Gasteiger partial charge in [0.1, 0.15) is 11.6 Å². The minimum Gasteiger partial charge on any atom is -0.437 e.